The number of hydrogen-bond donors (Lipinski definition) is 1. The van der Waals surface area contributed by atoms with Gasteiger partial charge >= 0.3 is 0 Å². The molecule has 1 aromatic carbocycles. The Morgan fingerprint density at radius 3 is 2.67 bits per heavy atom. The molecular weight excluding hydrogens is 244 g/mol. The van der Waals surface area contributed by atoms with Crippen molar-refractivity contribution in [1.29, 1.82) is 0 Å². The molecule has 0 aliphatic heterocycles. The zero-order valence-electron chi connectivity index (χ0n) is 10.6. The topological polar surface area (TPSA) is 46.3 Å². The van der Waals surface area contributed by atoms with Crippen molar-refractivity contribution in [1.82, 2.24) is 4.90 Å². The molecule has 0 bridgehead atoms. The second kappa shape index (κ2) is 5.48. The van der Waals surface area contributed by atoms with Gasteiger partial charge in [-0.3, -0.25) is 4.79 Å². The summed E-state index contributed by atoms with van der Waals surface area (Å²) in [5.41, 5.74) is 7.03. The predicted molar refractivity (Wildman–Crippen MR) is 76.7 cm³/mol. The number of rotatable bonds is 5. The summed E-state index contributed by atoms with van der Waals surface area (Å²) in [6.45, 7) is 2.91. The van der Waals surface area contributed by atoms with Crippen LogP contribution in [0.4, 0.5) is 0 Å². The van der Waals surface area contributed by atoms with Gasteiger partial charge in [0.15, 0.2) is 0 Å². The van der Waals surface area contributed by atoms with E-state index in [4.69, 9.17) is 18.0 Å². The standard InChI is InChI=1S/C14H18N2OS/c1-2-8-16(12-6-7-12)14(17)11-5-3-4-10(9-11)13(15)18/h3-5,9,12H,2,6-8H2,1H3,(H2,15,18). The molecule has 18 heavy (non-hydrogen) atoms. The Bertz CT molecular complexity index is 469. The van der Waals surface area contributed by atoms with Crippen molar-refractivity contribution in [3.8, 4) is 0 Å². The highest BCUT2D eigenvalue weighted by atomic mass is 32.1. The van der Waals surface area contributed by atoms with Crippen LogP contribution in [0.2, 0.25) is 0 Å². The van der Waals surface area contributed by atoms with Crippen LogP contribution in [0.5, 0.6) is 0 Å². The molecule has 0 saturated heterocycles. The fourth-order valence-electron chi connectivity index (χ4n) is 2.05. The van der Waals surface area contributed by atoms with Crippen LogP contribution in [-0.4, -0.2) is 28.4 Å². The fraction of sp³-hybridized carbons (Fsp3) is 0.429. The molecule has 0 spiro atoms. The molecule has 0 atom stereocenters. The minimum Gasteiger partial charge on any atom is -0.389 e. The van der Waals surface area contributed by atoms with E-state index >= 15 is 0 Å². The van der Waals surface area contributed by atoms with Crippen LogP contribution in [0.15, 0.2) is 24.3 Å². The van der Waals surface area contributed by atoms with Crippen LogP contribution in [0.1, 0.15) is 42.1 Å². The molecule has 1 fully saturated rings. The summed E-state index contributed by atoms with van der Waals surface area (Å²) in [5, 5.41) is 0. The largest absolute Gasteiger partial charge is 0.389 e. The zero-order valence-corrected chi connectivity index (χ0v) is 11.4. The Morgan fingerprint density at radius 2 is 2.11 bits per heavy atom. The first-order chi connectivity index (χ1) is 8.63. The maximum atomic E-state index is 12.4. The minimum atomic E-state index is 0.0949. The molecule has 1 aliphatic carbocycles. The summed E-state index contributed by atoms with van der Waals surface area (Å²) < 4.78 is 0. The fourth-order valence-corrected chi connectivity index (χ4v) is 2.18. The van der Waals surface area contributed by atoms with E-state index in [0.717, 1.165) is 31.4 Å². The highest BCUT2D eigenvalue weighted by molar-refractivity contribution is 7.80. The van der Waals surface area contributed by atoms with Crippen molar-refractivity contribution in [3.63, 3.8) is 0 Å². The Hall–Kier alpha value is -1.42. The molecule has 4 heteroatoms. The number of hydrogen-bond acceptors (Lipinski definition) is 2. The van der Waals surface area contributed by atoms with Crippen molar-refractivity contribution in [3.05, 3.63) is 35.4 Å². The van der Waals surface area contributed by atoms with Gasteiger partial charge in [-0.2, -0.15) is 0 Å². The number of nitrogens with two attached hydrogens (primary N) is 1. The summed E-state index contributed by atoms with van der Waals surface area (Å²) >= 11 is 4.94. The van der Waals surface area contributed by atoms with Crippen LogP contribution in [-0.2, 0) is 0 Å². The second-order valence-electron chi connectivity index (χ2n) is 4.67. The van der Waals surface area contributed by atoms with Gasteiger partial charge in [0, 0.05) is 23.7 Å². The third kappa shape index (κ3) is 2.88. The smallest absolute Gasteiger partial charge is 0.254 e. The lowest BCUT2D eigenvalue weighted by Crippen LogP contribution is -2.33. The van der Waals surface area contributed by atoms with E-state index < -0.39 is 0 Å². The number of nitrogens with zero attached hydrogens (tertiary/aromatic N) is 1. The molecule has 0 radical (unpaired) electrons. The van der Waals surface area contributed by atoms with Crippen LogP contribution in [0.3, 0.4) is 0 Å². The molecule has 96 valence electrons. The summed E-state index contributed by atoms with van der Waals surface area (Å²) in [4.78, 5) is 14.7. The molecule has 1 aromatic rings. The van der Waals surface area contributed by atoms with Gasteiger partial charge in [-0.05, 0) is 31.4 Å². The molecule has 1 aliphatic rings. The van der Waals surface area contributed by atoms with E-state index in [1.807, 2.05) is 23.1 Å². The van der Waals surface area contributed by atoms with Gasteiger partial charge in [0.1, 0.15) is 4.99 Å². The summed E-state index contributed by atoms with van der Waals surface area (Å²) in [7, 11) is 0. The van der Waals surface area contributed by atoms with Gasteiger partial charge in [-0.1, -0.05) is 31.3 Å². The number of carbonyl (C=O) groups excluding carboxylic acids is 1. The van der Waals surface area contributed by atoms with E-state index in [2.05, 4.69) is 6.92 Å². The van der Waals surface area contributed by atoms with E-state index in [9.17, 15) is 4.79 Å². The number of amides is 1. The third-order valence-corrected chi connectivity index (χ3v) is 3.34. The van der Waals surface area contributed by atoms with Crippen molar-refractivity contribution >= 4 is 23.1 Å². The lowest BCUT2D eigenvalue weighted by atomic mass is 10.1. The summed E-state index contributed by atoms with van der Waals surface area (Å²) in [6, 6.07) is 7.72. The second-order valence-corrected chi connectivity index (χ2v) is 5.11. The molecule has 3 nitrogen and oxygen atoms in total. The zero-order chi connectivity index (χ0) is 13.1. The highest BCUT2D eigenvalue weighted by Crippen LogP contribution is 2.28. The number of benzene rings is 1. The van der Waals surface area contributed by atoms with Crippen molar-refractivity contribution < 1.29 is 4.79 Å². The molecule has 1 saturated carbocycles. The average molecular weight is 262 g/mol. The molecule has 0 unspecified atom stereocenters. The molecule has 0 aromatic heterocycles. The van der Waals surface area contributed by atoms with E-state index in [1.165, 1.54) is 0 Å². The van der Waals surface area contributed by atoms with Crippen LogP contribution < -0.4 is 5.73 Å². The maximum Gasteiger partial charge on any atom is 0.254 e. The monoisotopic (exact) mass is 262 g/mol. The summed E-state index contributed by atoms with van der Waals surface area (Å²) in [5.74, 6) is 0.0949. The van der Waals surface area contributed by atoms with Crippen LogP contribution >= 0.6 is 12.2 Å². The molecule has 0 heterocycles. The Balaban J connectivity index is 2.21. The maximum absolute atomic E-state index is 12.4. The van der Waals surface area contributed by atoms with Crippen molar-refractivity contribution in [2.45, 2.75) is 32.2 Å². The predicted octanol–water partition coefficient (Wildman–Crippen LogP) is 2.34. The van der Waals surface area contributed by atoms with Gasteiger partial charge in [0.2, 0.25) is 0 Å². The van der Waals surface area contributed by atoms with Crippen molar-refractivity contribution in [2.24, 2.45) is 5.73 Å². The normalized spacial score (nSPS) is 14.3. The van der Waals surface area contributed by atoms with Gasteiger partial charge in [0.05, 0.1) is 0 Å². The molecular formula is C14H18N2OS. The first-order valence-electron chi connectivity index (χ1n) is 6.34. The lowest BCUT2D eigenvalue weighted by Gasteiger charge is -2.22. The average Bonchev–Trinajstić information content (AvgIpc) is 3.19. The number of carbonyl (C=O) groups is 1. The van der Waals surface area contributed by atoms with E-state index in [1.54, 1.807) is 6.07 Å². The van der Waals surface area contributed by atoms with Crippen molar-refractivity contribution in [2.75, 3.05) is 6.54 Å². The molecule has 2 N–H and O–H groups in total. The van der Waals surface area contributed by atoms with E-state index in [0.29, 0.717) is 16.6 Å². The van der Waals surface area contributed by atoms with Gasteiger partial charge in [-0.25, -0.2) is 0 Å². The van der Waals surface area contributed by atoms with Gasteiger partial charge in [-0.15, -0.1) is 0 Å². The highest BCUT2D eigenvalue weighted by Gasteiger charge is 2.32. The molecule has 1 amide bonds. The lowest BCUT2D eigenvalue weighted by molar-refractivity contribution is 0.0743. The third-order valence-electron chi connectivity index (χ3n) is 3.11. The molecule has 2 rings (SSSR count). The van der Waals surface area contributed by atoms with Gasteiger partial charge < -0.3 is 10.6 Å². The Labute approximate surface area is 113 Å². The minimum absolute atomic E-state index is 0.0949. The van der Waals surface area contributed by atoms with E-state index in [-0.39, 0.29) is 5.91 Å². The first-order valence-corrected chi connectivity index (χ1v) is 6.75. The Morgan fingerprint density at radius 1 is 1.44 bits per heavy atom. The summed E-state index contributed by atoms with van der Waals surface area (Å²) in [6.07, 6.45) is 3.23. The van der Waals surface area contributed by atoms with Crippen LogP contribution in [0, 0.1) is 0 Å². The van der Waals surface area contributed by atoms with Crippen LogP contribution in [0.25, 0.3) is 0 Å². The Kier molecular flexibility index (Phi) is 3.97. The SMILES string of the molecule is CCCN(C(=O)c1cccc(C(N)=S)c1)C1CC1. The first kappa shape index (κ1) is 13.0. The number of thiocarbonyl (C=S) groups is 1. The quantitative estimate of drug-likeness (QED) is 0.828. The van der Waals surface area contributed by atoms with Gasteiger partial charge in [0.25, 0.3) is 5.91 Å².